The Balaban J connectivity index is 1.35. The number of aromatic nitrogens is 1. The molecule has 164 valence electrons. The lowest BCUT2D eigenvalue weighted by Crippen LogP contribution is -2.49. The van der Waals surface area contributed by atoms with E-state index in [0.717, 1.165) is 22.5 Å². The molecule has 1 aliphatic rings. The van der Waals surface area contributed by atoms with Crippen LogP contribution in [0.15, 0.2) is 60.8 Å². The number of carbonyl (C=O) groups is 2. The van der Waals surface area contributed by atoms with Crippen LogP contribution in [0.25, 0.3) is 0 Å². The van der Waals surface area contributed by atoms with E-state index in [-0.39, 0.29) is 17.6 Å². The molecule has 0 aliphatic carbocycles. The fraction of sp³-hybridized carbons (Fsp3) is 0.240. The number of rotatable bonds is 4. The second-order valence-electron chi connectivity index (χ2n) is 7.89. The second-order valence-corrected chi connectivity index (χ2v) is 7.89. The largest absolute Gasteiger partial charge is 0.353 e. The van der Waals surface area contributed by atoms with Crippen molar-refractivity contribution in [2.24, 2.45) is 0 Å². The lowest BCUT2D eigenvalue weighted by molar-refractivity contribution is 0.0745. The van der Waals surface area contributed by atoms with E-state index < -0.39 is 0 Å². The fourth-order valence-electron chi connectivity index (χ4n) is 3.74. The number of piperazine rings is 1. The highest BCUT2D eigenvalue weighted by atomic mass is 19.1. The van der Waals surface area contributed by atoms with Crippen LogP contribution < -0.4 is 10.2 Å². The van der Waals surface area contributed by atoms with Gasteiger partial charge in [0.05, 0.1) is 11.9 Å². The average molecular weight is 432 g/mol. The maximum Gasteiger partial charge on any atom is 0.255 e. The molecule has 0 radical (unpaired) electrons. The monoisotopic (exact) mass is 432 g/mol. The number of hydrogen-bond acceptors (Lipinski definition) is 4. The van der Waals surface area contributed by atoms with Crippen LogP contribution in [-0.4, -0.2) is 47.9 Å². The Morgan fingerprint density at radius 2 is 1.66 bits per heavy atom. The molecule has 0 atom stereocenters. The SMILES string of the molecule is Cc1cccc(C(=O)N2CCN(c3ccc(NC(=O)c4ccc(F)cc4)cn3)CC2)c1C. The van der Waals surface area contributed by atoms with Gasteiger partial charge in [0.2, 0.25) is 0 Å². The third-order valence-corrected chi connectivity index (χ3v) is 5.84. The minimum Gasteiger partial charge on any atom is -0.353 e. The molecule has 0 unspecified atom stereocenters. The van der Waals surface area contributed by atoms with Crippen molar-refractivity contribution in [3.8, 4) is 0 Å². The van der Waals surface area contributed by atoms with Gasteiger partial charge in [0.25, 0.3) is 11.8 Å². The van der Waals surface area contributed by atoms with E-state index in [1.54, 1.807) is 12.3 Å². The van der Waals surface area contributed by atoms with E-state index in [1.165, 1.54) is 24.3 Å². The summed E-state index contributed by atoms with van der Waals surface area (Å²) in [5.74, 6) is 0.155. The molecule has 32 heavy (non-hydrogen) atoms. The summed E-state index contributed by atoms with van der Waals surface area (Å²) in [7, 11) is 0. The van der Waals surface area contributed by atoms with Crippen LogP contribution in [0, 0.1) is 19.7 Å². The molecular weight excluding hydrogens is 407 g/mol. The van der Waals surface area contributed by atoms with Crippen LogP contribution in [0.5, 0.6) is 0 Å². The summed E-state index contributed by atoms with van der Waals surface area (Å²) in [4.78, 5) is 33.7. The van der Waals surface area contributed by atoms with E-state index in [4.69, 9.17) is 0 Å². The van der Waals surface area contributed by atoms with Crippen molar-refractivity contribution in [3.63, 3.8) is 0 Å². The highest BCUT2D eigenvalue weighted by molar-refractivity contribution is 6.04. The molecule has 2 aromatic carbocycles. The predicted octanol–water partition coefficient (Wildman–Crippen LogP) is 4.05. The van der Waals surface area contributed by atoms with Gasteiger partial charge in [-0.15, -0.1) is 0 Å². The van der Waals surface area contributed by atoms with E-state index in [1.807, 2.05) is 43.0 Å². The number of carbonyl (C=O) groups excluding carboxylic acids is 2. The molecule has 3 aromatic rings. The number of anilines is 2. The highest BCUT2D eigenvalue weighted by Crippen LogP contribution is 2.20. The first-order chi connectivity index (χ1) is 15.4. The summed E-state index contributed by atoms with van der Waals surface area (Å²) in [5.41, 5.74) is 3.84. The molecule has 1 saturated heterocycles. The minimum atomic E-state index is -0.386. The summed E-state index contributed by atoms with van der Waals surface area (Å²) < 4.78 is 13.0. The smallest absolute Gasteiger partial charge is 0.255 e. The number of hydrogen-bond donors (Lipinski definition) is 1. The van der Waals surface area contributed by atoms with Crippen molar-refractivity contribution >= 4 is 23.3 Å². The third-order valence-electron chi connectivity index (χ3n) is 5.84. The summed E-state index contributed by atoms with van der Waals surface area (Å²) in [6.07, 6.45) is 1.60. The molecule has 6 nitrogen and oxygen atoms in total. The van der Waals surface area contributed by atoms with Crippen LogP contribution in [0.3, 0.4) is 0 Å². The third kappa shape index (κ3) is 4.61. The minimum absolute atomic E-state index is 0.0673. The molecule has 0 spiro atoms. The van der Waals surface area contributed by atoms with Crippen LogP contribution in [0.2, 0.25) is 0 Å². The van der Waals surface area contributed by atoms with Gasteiger partial charge in [0.1, 0.15) is 11.6 Å². The Kier molecular flexibility index (Phi) is 6.16. The standard InChI is InChI=1S/C25H25FN4O2/c1-17-4-3-5-22(18(17)2)25(32)30-14-12-29(13-15-30)23-11-10-21(16-27-23)28-24(31)19-6-8-20(26)9-7-19/h3-11,16H,12-15H2,1-2H3,(H,28,31). The molecule has 0 saturated carbocycles. The van der Waals surface area contributed by atoms with Gasteiger partial charge in [-0.05, 0) is 67.4 Å². The fourth-order valence-corrected chi connectivity index (χ4v) is 3.74. The summed E-state index contributed by atoms with van der Waals surface area (Å²) in [5, 5.41) is 2.76. The van der Waals surface area contributed by atoms with Crippen LogP contribution in [0.1, 0.15) is 31.8 Å². The first-order valence-corrected chi connectivity index (χ1v) is 10.6. The van der Waals surface area contributed by atoms with Crippen molar-refractivity contribution in [3.05, 3.63) is 88.9 Å². The van der Waals surface area contributed by atoms with Crippen molar-refractivity contribution in [2.45, 2.75) is 13.8 Å². The first kappa shape index (κ1) is 21.5. The Bertz CT molecular complexity index is 1120. The quantitative estimate of drug-likeness (QED) is 0.676. The van der Waals surface area contributed by atoms with Gasteiger partial charge in [-0.1, -0.05) is 12.1 Å². The van der Waals surface area contributed by atoms with E-state index >= 15 is 0 Å². The Labute approximate surface area is 186 Å². The second kappa shape index (κ2) is 9.18. The van der Waals surface area contributed by atoms with Crippen molar-refractivity contribution in [1.29, 1.82) is 0 Å². The molecule has 1 fully saturated rings. The summed E-state index contributed by atoms with van der Waals surface area (Å²) >= 11 is 0. The van der Waals surface area contributed by atoms with Crippen molar-refractivity contribution in [2.75, 3.05) is 36.4 Å². The molecule has 1 aromatic heterocycles. The Hall–Kier alpha value is -3.74. The maximum atomic E-state index is 13.0. The molecule has 4 rings (SSSR count). The number of benzene rings is 2. The number of aryl methyl sites for hydroxylation is 1. The number of nitrogens with zero attached hydrogens (tertiary/aromatic N) is 3. The summed E-state index contributed by atoms with van der Waals surface area (Å²) in [6.45, 7) is 6.62. The van der Waals surface area contributed by atoms with Gasteiger partial charge in [0.15, 0.2) is 0 Å². The normalized spacial score (nSPS) is 13.7. The zero-order chi connectivity index (χ0) is 22.7. The van der Waals surface area contributed by atoms with Gasteiger partial charge in [-0.3, -0.25) is 9.59 Å². The van der Waals surface area contributed by atoms with Crippen LogP contribution in [0.4, 0.5) is 15.9 Å². The van der Waals surface area contributed by atoms with Crippen molar-refractivity contribution < 1.29 is 14.0 Å². The number of halogens is 1. The Morgan fingerprint density at radius 1 is 0.938 bits per heavy atom. The predicted molar refractivity (Wildman–Crippen MR) is 123 cm³/mol. The molecule has 0 bridgehead atoms. The van der Waals surface area contributed by atoms with E-state index in [0.29, 0.717) is 37.4 Å². The average Bonchev–Trinajstić information content (AvgIpc) is 2.81. The van der Waals surface area contributed by atoms with Crippen LogP contribution >= 0.6 is 0 Å². The first-order valence-electron chi connectivity index (χ1n) is 10.6. The zero-order valence-electron chi connectivity index (χ0n) is 18.1. The highest BCUT2D eigenvalue weighted by Gasteiger charge is 2.24. The van der Waals surface area contributed by atoms with Gasteiger partial charge in [0, 0.05) is 37.3 Å². The van der Waals surface area contributed by atoms with Crippen LogP contribution in [-0.2, 0) is 0 Å². The van der Waals surface area contributed by atoms with Gasteiger partial charge >= 0.3 is 0 Å². The Morgan fingerprint density at radius 3 is 2.31 bits per heavy atom. The summed E-state index contributed by atoms with van der Waals surface area (Å²) in [6, 6.07) is 14.8. The lowest BCUT2D eigenvalue weighted by Gasteiger charge is -2.35. The maximum absolute atomic E-state index is 13.0. The molecule has 1 aliphatic heterocycles. The molecular formula is C25H25FN4O2. The van der Waals surface area contributed by atoms with Gasteiger partial charge in [-0.25, -0.2) is 9.37 Å². The number of nitrogens with one attached hydrogen (secondary N) is 1. The molecule has 7 heteroatoms. The molecule has 2 amide bonds. The zero-order valence-corrected chi connectivity index (χ0v) is 18.1. The van der Waals surface area contributed by atoms with Gasteiger partial charge in [-0.2, -0.15) is 0 Å². The van der Waals surface area contributed by atoms with E-state index in [9.17, 15) is 14.0 Å². The molecule has 1 N–H and O–H groups in total. The topological polar surface area (TPSA) is 65.5 Å². The van der Waals surface area contributed by atoms with Crippen molar-refractivity contribution in [1.82, 2.24) is 9.88 Å². The van der Waals surface area contributed by atoms with Gasteiger partial charge < -0.3 is 15.1 Å². The number of pyridine rings is 1. The molecule has 2 heterocycles. The lowest BCUT2D eigenvalue weighted by atomic mass is 10.0. The van der Waals surface area contributed by atoms with E-state index in [2.05, 4.69) is 15.2 Å². The number of amides is 2.